The highest BCUT2D eigenvalue weighted by Gasteiger charge is 2.39. The molecule has 0 radical (unpaired) electrons. The SMILES string of the molecule is CCCCCN[C@@](CO)(C(=O)O)c1ccccc1. The highest BCUT2D eigenvalue weighted by molar-refractivity contribution is 5.81. The van der Waals surface area contributed by atoms with Crippen molar-refractivity contribution in [3.8, 4) is 0 Å². The standard InChI is InChI=1S/C14H21NO3/c1-2-3-7-10-15-14(11-16,13(17)18)12-8-5-4-6-9-12/h4-6,8-9,15-16H,2-3,7,10-11H2,1H3,(H,17,18)/t14-/m1/s1. The molecule has 1 rings (SSSR count). The van der Waals surface area contributed by atoms with E-state index in [0.29, 0.717) is 12.1 Å². The molecule has 0 aliphatic carbocycles. The van der Waals surface area contributed by atoms with Gasteiger partial charge in [0.15, 0.2) is 5.54 Å². The van der Waals surface area contributed by atoms with Gasteiger partial charge in [-0.3, -0.25) is 5.32 Å². The van der Waals surface area contributed by atoms with Gasteiger partial charge in [-0.2, -0.15) is 0 Å². The Labute approximate surface area is 108 Å². The van der Waals surface area contributed by atoms with Crippen molar-refractivity contribution in [3.05, 3.63) is 35.9 Å². The highest BCUT2D eigenvalue weighted by atomic mass is 16.4. The molecule has 0 saturated carbocycles. The molecule has 0 bridgehead atoms. The van der Waals surface area contributed by atoms with E-state index in [1.807, 2.05) is 6.07 Å². The fraction of sp³-hybridized carbons (Fsp3) is 0.500. The van der Waals surface area contributed by atoms with E-state index in [9.17, 15) is 15.0 Å². The number of aliphatic hydroxyl groups is 1. The quantitative estimate of drug-likeness (QED) is 0.615. The molecule has 1 aromatic carbocycles. The normalized spacial score (nSPS) is 14.1. The smallest absolute Gasteiger partial charge is 0.330 e. The molecule has 1 aromatic rings. The summed E-state index contributed by atoms with van der Waals surface area (Å²) in [6.07, 6.45) is 3.02. The Bertz CT molecular complexity index is 367. The lowest BCUT2D eigenvalue weighted by Gasteiger charge is -2.29. The largest absolute Gasteiger partial charge is 0.480 e. The number of carbonyl (C=O) groups is 1. The second kappa shape index (κ2) is 7.13. The molecule has 4 heteroatoms. The van der Waals surface area contributed by atoms with E-state index in [1.165, 1.54) is 0 Å². The summed E-state index contributed by atoms with van der Waals surface area (Å²) in [6.45, 7) is 2.21. The molecule has 0 spiro atoms. The number of hydrogen-bond acceptors (Lipinski definition) is 3. The molecule has 0 unspecified atom stereocenters. The average molecular weight is 251 g/mol. The van der Waals surface area contributed by atoms with Crippen LogP contribution in [0.5, 0.6) is 0 Å². The Morgan fingerprint density at radius 3 is 2.44 bits per heavy atom. The summed E-state index contributed by atoms with van der Waals surface area (Å²) in [6, 6.07) is 8.81. The van der Waals surface area contributed by atoms with Gasteiger partial charge in [-0.05, 0) is 18.5 Å². The first-order valence-corrected chi connectivity index (χ1v) is 6.32. The van der Waals surface area contributed by atoms with Crippen LogP contribution in [0.15, 0.2) is 30.3 Å². The van der Waals surface area contributed by atoms with Crippen LogP contribution in [0.4, 0.5) is 0 Å². The van der Waals surface area contributed by atoms with E-state index in [-0.39, 0.29) is 0 Å². The molecule has 3 N–H and O–H groups in total. The van der Waals surface area contributed by atoms with Gasteiger partial charge in [-0.1, -0.05) is 50.1 Å². The maximum Gasteiger partial charge on any atom is 0.330 e. The number of aliphatic carboxylic acids is 1. The zero-order valence-corrected chi connectivity index (χ0v) is 10.7. The Morgan fingerprint density at radius 2 is 1.94 bits per heavy atom. The van der Waals surface area contributed by atoms with E-state index < -0.39 is 18.1 Å². The van der Waals surface area contributed by atoms with Crippen LogP contribution in [0.2, 0.25) is 0 Å². The van der Waals surface area contributed by atoms with Crippen molar-refractivity contribution in [1.29, 1.82) is 0 Å². The van der Waals surface area contributed by atoms with E-state index >= 15 is 0 Å². The van der Waals surface area contributed by atoms with Crippen LogP contribution in [-0.2, 0) is 10.3 Å². The monoisotopic (exact) mass is 251 g/mol. The predicted molar refractivity (Wildman–Crippen MR) is 70.4 cm³/mol. The highest BCUT2D eigenvalue weighted by Crippen LogP contribution is 2.21. The minimum Gasteiger partial charge on any atom is -0.480 e. The first-order valence-electron chi connectivity index (χ1n) is 6.32. The third kappa shape index (κ3) is 3.31. The van der Waals surface area contributed by atoms with Gasteiger partial charge in [-0.15, -0.1) is 0 Å². The Balaban J connectivity index is 2.85. The molecule has 0 heterocycles. The predicted octanol–water partition coefficient (Wildman–Crippen LogP) is 1.74. The number of aliphatic hydroxyl groups excluding tert-OH is 1. The second-order valence-corrected chi connectivity index (χ2v) is 4.37. The van der Waals surface area contributed by atoms with Crippen molar-refractivity contribution in [1.82, 2.24) is 5.32 Å². The van der Waals surface area contributed by atoms with Crippen LogP contribution < -0.4 is 5.32 Å². The van der Waals surface area contributed by atoms with Gasteiger partial charge in [0.2, 0.25) is 0 Å². The summed E-state index contributed by atoms with van der Waals surface area (Å²) in [5, 5.41) is 21.9. The molecule has 0 fully saturated rings. The van der Waals surface area contributed by atoms with Crippen molar-refractivity contribution >= 4 is 5.97 Å². The number of carboxylic acid groups (broad SMARTS) is 1. The summed E-state index contributed by atoms with van der Waals surface area (Å²) < 4.78 is 0. The van der Waals surface area contributed by atoms with Crippen LogP contribution in [0.1, 0.15) is 31.7 Å². The zero-order valence-electron chi connectivity index (χ0n) is 10.7. The van der Waals surface area contributed by atoms with Crippen LogP contribution in [0.3, 0.4) is 0 Å². The molecule has 18 heavy (non-hydrogen) atoms. The number of hydrogen-bond donors (Lipinski definition) is 3. The lowest BCUT2D eigenvalue weighted by atomic mass is 9.90. The van der Waals surface area contributed by atoms with Gasteiger partial charge in [-0.25, -0.2) is 4.79 Å². The summed E-state index contributed by atoms with van der Waals surface area (Å²) in [4.78, 5) is 11.5. The zero-order chi connectivity index (χ0) is 13.4. The van der Waals surface area contributed by atoms with Crippen molar-refractivity contribution in [2.75, 3.05) is 13.2 Å². The minimum absolute atomic E-state index is 0.460. The second-order valence-electron chi connectivity index (χ2n) is 4.37. The van der Waals surface area contributed by atoms with Gasteiger partial charge in [0.25, 0.3) is 0 Å². The maximum absolute atomic E-state index is 11.5. The molecule has 0 aliphatic heterocycles. The molecule has 1 atom stereocenters. The number of benzene rings is 1. The topological polar surface area (TPSA) is 69.6 Å². The van der Waals surface area contributed by atoms with Gasteiger partial charge in [0, 0.05) is 0 Å². The van der Waals surface area contributed by atoms with Crippen molar-refractivity contribution < 1.29 is 15.0 Å². The molecule has 4 nitrogen and oxygen atoms in total. The van der Waals surface area contributed by atoms with Gasteiger partial charge in [0.05, 0.1) is 6.61 Å². The first-order chi connectivity index (χ1) is 8.67. The summed E-state index contributed by atoms with van der Waals surface area (Å²) >= 11 is 0. The molecular weight excluding hydrogens is 230 g/mol. The fourth-order valence-electron chi connectivity index (χ4n) is 1.92. The first kappa shape index (κ1) is 14.7. The number of carboxylic acids is 1. The van der Waals surface area contributed by atoms with Crippen molar-refractivity contribution in [2.45, 2.75) is 31.7 Å². The third-order valence-electron chi connectivity index (χ3n) is 3.08. The fourth-order valence-corrected chi connectivity index (χ4v) is 1.92. The average Bonchev–Trinajstić information content (AvgIpc) is 2.40. The molecule has 0 amide bonds. The number of rotatable bonds is 8. The van der Waals surface area contributed by atoms with Gasteiger partial charge < -0.3 is 10.2 Å². The molecular formula is C14H21NO3. The number of unbranched alkanes of at least 4 members (excludes halogenated alkanes) is 2. The summed E-state index contributed by atoms with van der Waals surface area (Å²) in [5.41, 5.74) is -0.814. The van der Waals surface area contributed by atoms with Crippen LogP contribution in [-0.4, -0.2) is 29.3 Å². The van der Waals surface area contributed by atoms with Gasteiger partial charge in [0.1, 0.15) is 0 Å². The van der Waals surface area contributed by atoms with Crippen LogP contribution >= 0.6 is 0 Å². The Hall–Kier alpha value is -1.39. The molecule has 0 aromatic heterocycles. The Morgan fingerprint density at radius 1 is 1.28 bits per heavy atom. The third-order valence-corrected chi connectivity index (χ3v) is 3.08. The van der Waals surface area contributed by atoms with Crippen LogP contribution in [0, 0.1) is 0 Å². The van der Waals surface area contributed by atoms with Crippen LogP contribution in [0.25, 0.3) is 0 Å². The Kier molecular flexibility index (Phi) is 5.82. The van der Waals surface area contributed by atoms with Gasteiger partial charge >= 0.3 is 5.97 Å². The van der Waals surface area contributed by atoms with E-state index in [2.05, 4.69) is 12.2 Å². The van der Waals surface area contributed by atoms with E-state index in [1.54, 1.807) is 24.3 Å². The van der Waals surface area contributed by atoms with E-state index in [0.717, 1.165) is 19.3 Å². The lowest BCUT2D eigenvalue weighted by molar-refractivity contribution is -0.147. The molecule has 0 aliphatic rings. The summed E-state index contributed by atoms with van der Waals surface area (Å²) in [7, 11) is 0. The van der Waals surface area contributed by atoms with Crippen molar-refractivity contribution in [3.63, 3.8) is 0 Å². The molecule has 0 saturated heterocycles. The minimum atomic E-state index is -1.39. The molecule has 100 valence electrons. The summed E-state index contributed by atoms with van der Waals surface area (Å²) in [5.74, 6) is -1.05. The van der Waals surface area contributed by atoms with E-state index in [4.69, 9.17) is 0 Å². The lowest BCUT2D eigenvalue weighted by Crippen LogP contribution is -2.52. The maximum atomic E-state index is 11.5. The van der Waals surface area contributed by atoms with Crippen molar-refractivity contribution in [2.24, 2.45) is 0 Å². The number of nitrogens with one attached hydrogen (secondary N) is 1.